The van der Waals surface area contributed by atoms with Crippen LogP contribution in [0, 0.1) is 6.92 Å². The van der Waals surface area contributed by atoms with Crippen molar-refractivity contribution in [2.24, 2.45) is 7.05 Å². The first-order valence-electron chi connectivity index (χ1n) is 5.65. The van der Waals surface area contributed by atoms with Gasteiger partial charge in [0, 0.05) is 23.3 Å². The number of aryl methyl sites for hydroxylation is 2. The molecule has 0 saturated heterocycles. The minimum atomic E-state index is -0.0436. The average Bonchev–Trinajstić information content (AvgIpc) is 2.54. The number of carbonyl (C=O) groups excluding carboxylic acids is 1. The Kier molecular flexibility index (Phi) is 3.96. The highest BCUT2D eigenvalue weighted by Gasteiger charge is 2.16. The monoisotopic (exact) mass is 341 g/mol. The van der Waals surface area contributed by atoms with E-state index in [9.17, 15) is 4.79 Å². The van der Waals surface area contributed by atoms with Crippen molar-refractivity contribution in [1.82, 2.24) is 9.78 Å². The highest BCUT2D eigenvalue weighted by molar-refractivity contribution is 9.10. The predicted octanol–water partition coefficient (Wildman–Crippen LogP) is 3.15. The number of Topliss-reactive ketones (excluding diaryl/α,β-unsaturated/α-hetero) is 1. The largest absolute Gasteiger partial charge is 0.399 e. The summed E-state index contributed by atoms with van der Waals surface area (Å²) in [6, 6.07) is 4.87. The van der Waals surface area contributed by atoms with Crippen LogP contribution in [0.5, 0.6) is 0 Å². The molecule has 2 N–H and O–H groups in total. The molecule has 1 aromatic carbocycles. The molecule has 0 atom stereocenters. The maximum absolute atomic E-state index is 12.3. The van der Waals surface area contributed by atoms with E-state index in [-0.39, 0.29) is 12.2 Å². The second-order valence-electron chi connectivity index (χ2n) is 4.34. The summed E-state index contributed by atoms with van der Waals surface area (Å²) < 4.78 is 2.56. The zero-order valence-electron chi connectivity index (χ0n) is 10.6. The molecule has 1 aromatic heterocycles. The maximum Gasteiger partial charge on any atom is 0.168 e. The summed E-state index contributed by atoms with van der Waals surface area (Å²) in [5, 5.41) is 4.72. The Morgan fingerprint density at radius 2 is 2.16 bits per heavy atom. The van der Waals surface area contributed by atoms with Gasteiger partial charge in [0.05, 0.1) is 22.3 Å². The molecule has 0 bridgehead atoms. The number of aromatic nitrogens is 2. The molecule has 0 radical (unpaired) electrons. The van der Waals surface area contributed by atoms with Gasteiger partial charge in [0.25, 0.3) is 0 Å². The van der Waals surface area contributed by atoms with E-state index in [1.807, 2.05) is 14.0 Å². The van der Waals surface area contributed by atoms with Crippen molar-refractivity contribution in [2.75, 3.05) is 5.73 Å². The van der Waals surface area contributed by atoms with E-state index in [1.165, 1.54) is 0 Å². The summed E-state index contributed by atoms with van der Waals surface area (Å²) in [6.07, 6.45) is 0.248. The number of rotatable bonds is 3. The smallest absolute Gasteiger partial charge is 0.168 e. The third-order valence-corrected chi connectivity index (χ3v) is 4.08. The van der Waals surface area contributed by atoms with Crippen LogP contribution in [0.3, 0.4) is 0 Å². The van der Waals surface area contributed by atoms with E-state index in [4.69, 9.17) is 17.3 Å². The summed E-state index contributed by atoms with van der Waals surface area (Å²) in [7, 11) is 1.81. The summed E-state index contributed by atoms with van der Waals surface area (Å²) in [5.41, 5.74) is 8.38. The van der Waals surface area contributed by atoms with Gasteiger partial charge in [-0.3, -0.25) is 9.48 Å². The van der Waals surface area contributed by atoms with Crippen LogP contribution in [0.25, 0.3) is 0 Å². The van der Waals surface area contributed by atoms with Gasteiger partial charge < -0.3 is 5.73 Å². The second kappa shape index (κ2) is 5.35. The lowest BCUT2D eigenvalue weighted by molar-refractivity contribution is 0.0990. The molecule has 6 heteroatoms. The van der Waals surface area contributed by atoms with Crippen molar-refractivity contribution in [2.45, 2.75) is 13.3 Å². The van der Waals surface area contributed by atoms with Crippen LogP contribution in [0.2, 0.25) is 5.02 Å². The quantitative estimate of drug-likeness (QED) is 0.688. The third-order valence-electron chi connectivity index (χ3n) is 2.83. The van der Waals surface area contributed by atoms with Crippen molar-refractivity contribution < 1.29 is 4.79 Å². The van der Waals surface area contributed by atoms with Gasteiger partial charge >= 0.3 is 0 Å². The Hall–Kier alpha value is -1.33. The van der Waals surface area contributed by atoms with E-state index in [0.717, 1.165) is 15.9 Å². The van der Waals surface area contributed by atoms with Crippen LogP contribution in [-0.4, -0.2) is 15.6 Å². The average molecular weight is 343 g/mol. The third kappa shape index (κ3) is 2.98. The number of nitrogens with two attached hydrogens (primary N) is 1. The molecule has 0 fully saturated rings. The van der Waals surface area contributed by atoms with Crippen LogP contribution >= 0.6 is 27.5 Å². The molecule has 1 heterocycles. The van der Waals surface area contributed by atoms with Crippen LogP contribution in [-0.2, 0) is 13.5 Å². The van der Waals surface area contributed by atoms with E-state index in [2.05, 4.69) is 21.0 Å². The molecule has 0 aliphatic rings. The minimum Gasteiger partial charge on any atom is -0.399 e. The van der Waals surface area contributed by atoms with Gasteiger partial charge in [0.15, 0.2) is 5.78 Å². The highest BCUT2D eigenvalue weighted by atomic mass is 79.9. The standard InChI is InChI=1S/C13H13BrClN3O/c1-7-13(14)11(18(2)17-7)6-12(19)8-3-9(15)5-10(16)4-8/h3-5H,6,16H2,1-2H3. The van der Waals surface area contributed by atoms with Gasteiger partial charge in [-0.2, -0.15) is 5.10 Å². The molecule has 0 saturated carbocycles. The molecule has 0 aliphatic carbocycles. The van der Waals surface area contributed by atoms with E-state index < -0.39 is 0 Å². The molecule has 4 nitrogen and oxygen atoms in total. The molecule has 0 spiro atoms. The van der Waals surface area contributed by atoms with Crippen LogP contribution in [0.1, 0.15) is 21.7 Å². The van der Waals surface area contributed by atoms with Crippen molar-refractivity contribution in [1.29, 1.82) is 0 Å². The zero-order chi connectivity index (χ0) is 14.2. The Morgan fingerprint density at radius 1 is 1.47 bits per heavy atom. The van der Waals surface area contributed by atoms with Crippen molar-refractivity contribution in [3.05, 3.63) is 44.6 Å². The number of nitrogens with zero attached hydrogens (tertiary/aromatic N) is 2. The highest BCUT2D eigenvalue weighted by Crippen LogP contribution is 2.23. The topological polar surface area (TPSA) is 60.9 Å². The maximum atomic E-state index is 12.3. The molecular formula is C13H13BrClN3O. The van der Waals surface area contributed by atoms with Gasteiger partial charge in [-0.25, -0.2) is 0 Å². The summed E-state index contributed by atoms with van der Waals surface area (Å²) >= 11 is 9.35. The predicted molar refractivity (Wildman–Crippen MR) is 79.5 cm³/mol. The number of ketones is 1. The molecule has 0 aliphatic heterocycles. The number of carbonyl (C=O) groups is 1. The first-order chi connectivity index (χ1) is 8.88. The van der Waals surface area contributed by atoms with Gasteiger partial charge in [-0.1, -0.05) is 11.6 Å². The Balaban J connectivity index is 2.30. The van der Waals surface area contributed by atoms with Gasteiger partial charge in [-0.15, -0.1) is 0 Å². The fraction of sp³-hybridized carbons (Fsp3) is 0.231. The number of hydrogen-bond acceptors (Lipinski definition) is 3. The lowest BCUT2D eigenvalue weighted by Crippen LogP contribution is -2.09. The van der Waals surface area contributed by atoms with Crippen LogP contribution in [0.4, 0.5) is 5.69 Å². The minimum absolute atomic E-state index is 0.0436. The number of hydrogen-bond donors (Lipinski definition) is 1. The normalized spacial score (nSPS) is 10.7. The first kappa shape index (κ1) is 14.1. The van der Waals surface area contributed by atoms with Crippen LogP contribution < -0.4 is 5.73 Å². The first-order valence-corrected chi connectivity index (χ1v) is 6.83. The Labute approximate surface area is 124 Å². The molecule has 100 valence electrons. The Morgan fingerprint density at radius 3 is 2.68 bits per heavy atom. The zero-order valence-corrected chi connectivity index (χ0v) is 12.9. The lowest BCUT2D eigenvalue weighted by Gasteiger charge is -2.05. The van der Waals surface area contributed by atoms with Crippen molar-refractivity contribution in [3.63, 3.8) is 0 Å². The van der Waals surface area contributed by atoms with E-state index >= 15 is 0 Å². The molecule has 0 amide bonds. The van der Waals surface area contributed by atoms with Gasteiger partial charge in [0.1, 0.15) is 0 Å². The molecule has 0 unspecified atom stereocenters. The molecule has 19 heavy (non-hydrogen) atoms. The fourth-order valence-electron chi connectivity index (χ4n) is 1.90. The number of nitrogen functional groups attached to an aromatic ring is 1. The van der Waals surface area contributed by atoms with Gasteiger partial charge in [-0.05, 0) is 41.1 Å². The molecular weight excluding hydrogens is 330 g/mol. The number of halogens is 2. The second-order valence-corrected chi connectivity index (χ2v) is 5.57. The SMILES string of the molecule is Cc1nn(C)c(CC(=O)c2cc(N)cc(Cl)c2)c1Br. The van der Waals surface area contributed by atoms with E-state index in [1.54, 1.807) is 22.9 Å². The van der Waals surface area contributed by atoms with Crippen LogP contribution in [0.15, 0.2) is 22.7 Å². The van der Waals surface area contributed by atoms with Gasteiger partial charge in [0.2, 0.25) is 0 Å². The van der Waals surface area contributed by atoms with Crippen molar-refractivity contribution >= 4 is 39.0 Å². The summed E-state index contributed by atoms with van der Waals surface area (Å²) in [6.45, 7) is 1.88. The Bertz CT molecular complexity index is 631. The van der Waals surface area contributed by atoms with Crippen molar-refractivity contribution in [3.8, 4) is 0 Å². The van der Waals surface area contributed by atoms with E-state index in [0.29, 0.717) is 16.3 Å². The molecule has 2 rings (SSSR count). The fourth-order valence-corrected chi connectivity index (χ4v) is 2.62. The number of benzene rings is 1. The summed E-state index contributed by atoms with van der Waals surface area (Å²) in [4.78, 5) is 12.3. The number of anilines is 1. The molecule has 2 aromatic rings. The lowest BCUT2D eigenvalue weighted by atomic mass is 10.1. The summed E-state index contributed by atoms with van der Waals surface area (Å²) in [5.74, 6) is -0.0436.